The van der Waals surface area contributed by atoms with E-state index in [-0.39, 0.29) is 0 Å². The normalized spacial score (nSPS) is 22.8. The first-order valence-corrected chi connectivity index (χ1v) is 6.60. The molecule has 90 valence electrons. The summed E-state index contributed by atoms with van der Waals surface area (Å²) in [5.41, 5.74) is 5.89. The predicted octanol–water partition coefficient (Wildman–Crippen LogP) is 4.89. The van der Waals surface area contributed by atoms with Crippen LogP contribution in [0.4, 0.5) is 0 Å². The van der Waals surface area contributed by atoms with Gasteiger partial charge in [-0.1, -0.05) is 73.2 Å². The largest absolute Gasteiger partial charge is 0.0622 e. The van der Waals surface area contributed by atoms with E-state index in [4.69, 9.17) is 0 Å². The monoisotopic (exact) mass is 234 g/mol. The summed E-state index contributed by atoms with van der Waals surface area (Å²) in [7, 11) is 0. The summed E-state index contributed by atoms with van der Waals surface area (Å²) in [4.78, 5) is 0. The fourth-order valence-corrected chi connectivity index (χ4v) is 3.28. The zero-order valence-corrected chi connectivity index (χ0v) is 10.9. The Morgan fingerprint density at radius 3 is 1.89 bits per heavy atom. The molecular weight excluding hydrogens is 216 g/mol. The summed E-state index contributed by atoms with van der Waals surface area (Å²) in [6.45, 7) is 4.62. The van der Waals surface area contributed by atoms with Gasteiger partial charge in [-0.15, -0.1) is 0 Å². The smallest absolute Gasteiger partial charge is 0.0118 e. The van der Waals surface area contributed by atoms with Crippen LogP contribution in [0.3, 0.4) is 0 Å². The van der Waals surface area contributed by atoms with Gasteiger partial charge in [0.25, 0.3) is 0 Å². The molecule has 0 heteroatoms. The molecule has 0 heterocycles. The highest BCUT2D eigenvalue weighted by Crippen LogP contribution is 2.51. The third-order valence-corrected chi connectivity index (χ3v) is 4.09. The summed E-state index contributed by atoms with van der Waals surface area (Å²) >= 11 is 0. The van der Waals surface area contributed by atoms with E-state index < -0.39 is 0 Å². The van der Waals surface area contributed by atoms with E-state index >= 15 is 0 Å². The SMILES string of the molecule is CC1=C(c2ccccc2)[C@@H](C)[C@@H]1c1ccccc1. The Balaban J connectivity index is 1.98. The minimum Gasteiger partial charge on any atom is -0.0622 e. The highest BCUT2D eigenvalue weighted by Gasteiger charge is 2.35. The molecule has 0 saturated carbocycles. The van der Waals surface area contributed by atoms with Crippen molar-refractivity contribution in [2.24, 2.45) is 5.92 Å². The topological polar surface area (TPSA) is 0 Å². The van der Waals surface area contributed by atoms with Crippen molar-refractivity contribution >= 4 is 5.57 Å². The number of hydrogen-bond acceptors (Lipinski definition) is 0. The van der Waals surface area contributed by atoms with E-state index in [1.54, 1.807) is 0 Å². The standard InChI is InChI=1S/C18H18/c1-13-17(15-9-5-3-6-10-15)14(2)18(13)16-11-7-4-8-12-16/h3-13,17H,1-2H3/t13-,17-/m0/s1. The second-order valence-electron chi connectivity index (χ2n) is 5.14. The molecule has 0 radical (unpaired) electrons. The lowest BCUT2D eigenvalue weighted by atomic mass is 9.64. The molecule has 0 aromatic heterocycles. The van der Waals surface area contributed by atoms with Crippen LogP contribution in [0, 0.1) is 5.92 Å². The van der Waals surface area contributed by atoms with Crippen molar-refractivity contribution in [3.05, 3.63) is 77.4 Å². The fraction of sp³-hybridized carbons (Fsp3) is 0.222. The molecule has 3 rings (SSSR count). The third kappa shape index (κ3) is 1.69. The molecule has 18 heavy (non-hydrogen) atoms. The van der Waals surface area contributed by atoms with Gasteiger partial charge in [-0.3, -0.25) is 0 Å². The number of benzene rings is 2. The number of rotatable bonds is 2. The van der Waals surface area contributed by atoms with Crippen molar-refractivity contribution in [3.8, 4) is 0 Å². The molecule has 0 aliphatic heterocycles. The van der Waals surface area contributed by atoms with Crippen molar-refractivity contribution in [3.63, 3.8) is 0 Å². The predicted molar refractivity (Wildman–Crippen MR) is 77.4 cm³/mol. The van der Waals surface area contributed by atoms with E-state index in [0.717, 1.165) is 0 Å². The number of allylic oxidation sites excluding steroid dienone is 2. The molecule has 0 saturated heterocycles. The quantitative estimate of drug-likeness (QED) is 0.693. The Morgan fingerprint density at radius 2 is 1.33 bits per heavy atom. The molecule has 0 nitrogen and oxygen atoms in total. The van der Waals surface area contributed by atoms with Crippen LogP contribution in [-0.4, -0.2) is 0 Å². The zero-order valence-electron chi connectivity index (χ0n) is 10.9. The van der Waals surface area contributed by atoms with Crippen LogP contribution in [0.15, 0.2) is 66.2 Å². The van der Waals surface area contributed by atoms with Crippen LogP contribution < -0.4 is 0 Å². The molecule has 0 amide bonds. The summed E-state index contributed by atoms with van der Waals surface area (Å²) < 4.78 is 0. The van der Waals surface area contributed by atoms with E-state index in [1.807, 2.05) is 0 Å². The van der Waals surface area contributed by atoms with Crippen molar-refractivity contribution in [1.82, 2.24) is 0 Å². The van der Waals surface area contributed by atoms with Crippen LogP contribution >= 0.6 is 0 Å². The maximum absolute atomic E-state index is 2.34. The van der Waals surface area contributed by atoms with E-state index in [2.05, 4.69) is 74.5 Å². The molecule has 2 atom stereocenters. The number of hydrogen-bond donors (Lipinski definition) is 0. The molecule has 1 aliphatic carbocycles. The second-order valence-corrected chi connectivity index (χ2v) is 5.14. The zero-order chi connectivity index (χ0) is 12.5. The maximum Gasteiger partial charge on any atom is 0.0118 e. The first-order chi connectivity index (χ1) is 8.79. The highest BCUT2D eigenvalue weighted by atomic mass is 14.4. The minimum atomic E-state index is 0.599. The highest BCUT2D eigenvalue weighted by molar-refractivity contribution is 5.78. The van der Waals surface area contributed by atoms with Gasteiger partial charge in [0, 0.05) is 5.92 Å². The average molecular weight is 234 g/mol. The van der Waals surface area contributed by atoms with Crippen molar-refractivity contribution in [2.45, 2.75) is 19.8 Å². The molecule has 0 unspecified atom stereocenters. The molecule has 0 N–H and O–H groups in total. The van der Waals surface area contributed by atoms with Crippen molar-refractivity contribution < 1.29 is 0 Å². The molecule has 2 aromatic rings. The van der Waals surface area contributed by atoms with Crippen molar-refractivity contribution in [1.29, 1.82) is 0 Å². The summed E-state index contributed by atoms with van der Waals surface area (Å²) in [6.07, 6.45) is 0. The lowest BCUT2D eigenvalue weighted by molar-refractivity contribution is 0.568. The van der Waals surface area contributed by atoms with Gasteiger partial charge in [0.2, 0.25) is 0 Å². The van der Waals surface area contributed by atoms with Crippen LogP contribution in [0.25, 0.3) is 5.57 Å². The second kappa shape index (κ2) is 4.45. The lowest BCUT2D eigenvalue weighted by Crippen LogP contribution is -2.24. The first kappa shape index (κ1) is 11.3. The minimum absolute atomic E-state index is 0.599. The van der Waals surface area contributed by atoms with E-state index in [9.17, 15) is 0 Å². The lowest BCUT2D eigenvalue weighted by Gasteiger charge is -2.39. The van der Waals surface area contributed by atoms with E-state index in [1.165, 1.54) is 22.3 Å². The summed E-state index contributed by atoms with van der Waals surface area (Å²) in [5, 5.41) is 0. The first-order valence-electron chi connectivity index (χ1n) is 6.60. The van der Waals surface area contributed by atoms with Gasteiger partial charge in [-0.25, -0.2) is 0 Å². The fourth-order valence-electron chi connectivity index (χ4n) is 3.28. The Bertz CT molecular complexity index is 564. The Labute approximate surface area is 109 Å². The van der Waals surface area contributed by atoms with Gasteiger partial charge in [0.15, 0.2) is 0 Å². The Morgan fingerprint density at radius 1 is 0.778 bits per heavy atom. The molecule has 1 aliphatic rings. The van der Waals surface area contributed by atoms with Gasteiger partial charge in [-0.2, -0.15) is 0 Å². The van der Waals surface area contributed by atoms with Crippen LogP contribution in [0.5, 0.6) is 0 Å². The van der Waals surface area contributed by atoms with E-state index in [0.29, 0.717) is 11.8 Å². The van der Waals surface area contributed by atoms with Crippen LogP contribution in [0.1, 0.15) is 30.9 Å². The average Bonchev–Trinajstić information content (AvgIpc) is 2.41. The maximum atomic E-state index is 2.34. The van der Waals surface area contributed by atoms with Crippen LogP contribution in [-0.2, 0) is 0 Å². The van der Waals surface area contributed by atoms with Gasteiger partial charge >= 0.3 is 0 Å². The Hall–Kier alpha value is -1.82. The van der Waals surface area contributed by atoms with Gasteiger partial charge < -0.3 is 0 Å². The summed E-state index contributed by atoms with van der Waals surface area (Å²) in [6, 6.07) is 21.6. The Kier molecular flexibility index (Phi) is 2.79. The van der Waals surface area contributed by atoms with Gasteiger partial charge in [0.1, 0.15) is 0 Å². The molecule has 0 spiro atoms. The molecule has 0 bridgehead atoms. The summed E-state index contributed by atoms with van der Waals surface area (Å²) in [5.74, 6) is 1.22. The van der Waals surface area contributed by atoms with Crippen LogP contribution in [0.2, 0.25) is 0 Å². The van der Waals surface area contributed by atoms with Gasteiger partial charge in [0.05, 0.1) is 0 Å². The molecular formula is C18H18. The van der Waals surface area contributed by atoms with Crippen molar-refractivity contribution in [2.75, 3.05) is 0 Å². The molecule has 0 fully saturated rings. The third-order valence-electron chi connectivity index (χ3n) is 4.09. The van der Waals surface area contributed by atoms with Gasteiger partial charge in [-0.05, 0) is 29.5 Å². The molecule has 2 aromatic carbocycles.